The van der Waals surface area contributed by atoms with Crippen LogP contribution in [-0.2, 0) is 4.79 Å². The number of nitrogens with zero attached hydrogens (tertiary/aromatic N) is 3. The van der Waals surface area contributed by atoms with Crippen molar-refractivity contribution in [2.24, 2.45) is 9.98 Å². The van der Waals surface area contributed by atoms with Gasteiger partial charge in [0.15, 0.2) is 5.78 Å². The van der Waals surface area contributed by atoms with E-state index in [0.29, 0.717) is 17.1 Å². The molecule has 0 bridgehead atoms. The number of hydrogen-bond donors (Lipinski definition) is 0. The first kappa shape index (κ1) is 10.8. The Morgan fingerprint density at radius 3 is 2.95 bits per heavy atom. The average molecular weight is 257 g/mol. The Kier molecular flexibility index (Phi) is 1.88. The summed E-state index contributed by atoms with van der Waals surface area (Å²) in [5.74, 6) is 0.414. The van der Waals surface area contributed by atoms with Crippen LogP contribution in [0.25, 0.3) is 0 Å². The second-order valence-electron chi connectivity index (χ2n) is 5.34. The van der Waals surface area contributed by atoms with Gasteiger partial charge in [-0.25, -0.2) is 9.38 Å². The van der Waals surface area contributed by atoms with E-state index in [9.17, 15) is 9.18 Å². The van der Waals surface area contributed by atoms with Gasteiger partial charge in [0, 0.05) is 5.56 Å². The van der Waals surface area contributed by atoms with E-state index in [-0.39, 0.29) is 23.2 Å². The van der Waals surface area contributed by atoms with Crippen LogP contribution in [0.4, 0.5) is 10.1 Å². The van der Waals surface area contributed by atoms with Crippen LogP contribution in [-0.4, -0.2) is 34.4 Å². The summed E-state index contributed by atoms with van der Waals surface area (Å²) in [5.41, 5.74) is 0.705. The third-order valence-corrected chi connectivity index (χ3v) is 4.05. The third kappa shape index (κ3) is 1.30. The SMILES string of the molecule is CC(=O)C1N2C=Nc3c(F)cccc3C2=NC12CC2. The predicted molar refractivity (Wildman–Crippen MR) is 69.4 cm³/mol. The molecule has 1 aromatic rings. The molecule has 5 heteroatoms. The minimum absolute atomic E-state index is 0.0857. The number of rotatable bonds is 1. The van der Waals surface area contributed by atoms with Gasteiger partial charge in [-0.2, -0.15) is 0 Å². The molecule has 96 valence electrons. The van der Waals surface area contributed by atoms with Gasteiger partial charge in [0.25, 0.3) is 0 Å². The molecule has 0 amide bonds. The molecule has 2 heterocycles. The lowest BCUT2D eigenvalue weighted by atomic mass is 10.0. The Bertz CT molecular complexity index is 661. The summed E-state index contributed by atoms with van der Waals surface area (Å²) in [6.07, 6.45) is 3.37. The molecule has 1 fully saturated rings. The van der Waals surface area contributed by atoms with E-state index in [4.69, 9.17) is 4.99 Å². The van der Waals surface area contributed by atoms with Crippen LogP contribution in [0.1, 0.15) is 25.3 Å². The summed E-state index contributed by atoms with van der Waals surface area (Å²) in [6, 6.07) is 4.56. The molecule has 0 saturated heterocycles. The van der Waals surface area contributed by atoms with Gasteiger partial charge in [-0.05, 0) is 31.9 Å². The number of hydrogen-bond acceptors (Lipinski definition) is 4. The second kappa shape index (κ2) is 3.29. The Hall–Kier alpha value is -2.04. The number of benzene rings is 1. The van der Waals surface area contributed by atoms with E-state index in [1.807, 2.05) is 0 Å². The Balaban J connectivity index is 1.91. The van der Waals surface area contributed by atoms with Gasteiger partial charge in [0.1, 0.15) is 23.4 Å². The number of aliphatic imine (C=N–C) groups is 2. The van der Waals surface area contributed by atoms with Gasteiger partial charge < -0.3 is 4.90 Å². The number of Topliss-reactive ketones (excluding diaryl/α,β-unsaturated/α-hetero) is 1. The Morgan fingerprint density at radius 1 is 1.47 bits per heavy atom. The number of carbonyl (C=O) groups is 1. The highest BCUT2D eigenvalue weighted by atomic mass is 19.1. The lowest BCUT2D eigenvalue weighted by Crippen LogP contribution is -2.45. The fourth-order valence-corrected chi connectivity index (χ4v) is 3.07. The molecule has 19 heavy (non-hydrogen) atoms. The summed E-state index contributed by atoms with van der Waals surface area (Å²) in [4.78, 5) is 22.5. The molecular formula is C14H12FN3O. The lowest BCUT2D eigenvalue weighted by Gasteiger charge is -2.27. The second-order valence-corrected chi connectivity index (χ2v) is 5.34. The van der Waals surface area contributed by atoms with Crippen LogP contribution < -0.4 is 0 Å². The predicted octanol–water partition coefficient (Wildman–Crippen LogP) is 2.05. The minimum Gasteiger partial charge on any atom is -0.304 e. The maximum atomic E-state index is 13.7. The number of amidine groups is 1. The highest BCUT2D eigenvalue weighted by Crippen LogP contribution is 2.50. The van der Waals surface area contributed by atoms with E-state index in [0.717, 1.165) is 12.8 Å². The van der Waals surface area contributed by atoms with Crippen LogP contribution in [0.3, 0.4) is 0 Å². The van der Waals surface area contributed by atoms with Crippen molar-refractivity contribution in [3.63, 3.8) is 0 Å². The molecule has 1 aromatic carbocycles. The molecule has 0 aromatic heterocycles. The lowest BCUT2D eigenvalue weighted by molar-refractivity contribution is -0.120. The number of fused-ring (bicyclic) bond motifs is 3. The van der Waals surface area contributed by atoms with E-state index in [1.165, 1.54) is 6.07 Å². The topological polar surface area (TPSA) is 45.0 Å². The molecule has 4 rings (SSSR count). The van der Waals surface area contributed by atoms with Crippen molar-refractivity contribution in [2.45, 2.75) is 31.3 Å². The van der Waals surface area contributed by atoms with Crippen LogP contribution in [0.2, 0.25) is 0 Å². The van der Waals surface area contributed by atoms with Crippen LogP contribution in [0, 0.1) is 5.82 Å². The maximum absolute atomic E-state index is 13.7. The van der Waals surface area contributed by atoms with E-state index in [2.05, 4.69) is 4.99 Å². The van der Waals surface area contributed by atoms with Crippen LogP contribution in [0.5, 0.6) is 0 Å². The molecule has 0 N–H and O–H groups in total. The van der Waals surface area contributed by atoms with Crippen molar-refractivity contribution in [2.75, 3.05) is 0 Å². The highest BCUT2D eigenvalue weighted by molar-refractivity contribution is 6.15. The van der Waals surface area contributed by atoms with Crippen molar-refractivity contribution in [1.29, 1.82) is 0 Å². The molecule has 1 atom stereocenters. The Morgan fingerprint density at radius 2 is 2.26 bits per heavy atom. The van der Waals surface area contributed by atoms with Gasteiger partial charge in [0.05, 0.1) is 11.9 Å². The first-order valence-electron chi connectivity index (χ1n) is 6.34. The molecule has 3 aliphatic rings. The summed E-state index contributed by atoms with van der Waals surface area (Å²) in [5, 5.41) is 0. The average Bonchev–Trinajstić information content (AvgIpc) is 3.03. The van der Waals surface area contributed by atoms with E-state index in [1.54, 1.807) is 30.3 Å². The molecule has 4 nitrogen and oxygen atoms in total. The molecule has 1 unspecified atom stereocenters. The zero-order valence-corrected chi connectivity index (χ0v) is 10.4. The maximum Gasteiger partial charge on any atom is 0.155 e. The zero-order valence-electron chi connectivity index (χ0n) is 10.4. The van der Waals surface area contributed by atoms with Gasteiger partial charge in [-0.15, -0.1) is 0 Å². The van der Waals surface area contributed by atoms with Crippen molar-refractivity contribution < 1.29 is 9.18 Å². The number of halogens is 1. The standard InChI is InChI=1S/C14H12FN3O/c1-8(19)12-14(5-6-14)17-13-9-3-2-4-10(15)11(9)16-7-18(12)13/h2-4,7,12H,5-6H2,1H3. The summed E-state index contributed by atoms with van der Waals surface area (Å²) < 4.78 is 13.7. The number of carbonyl (C=O) groups excluding carboxylic acids is 1. The van der Waals surface area contributed by atoms with Crippen molar-refractivity contribution in [3.05, 3.63) is 29.6 Å². The minimum atomic E-state index is -0.354. The van der Waals surface area contributed by atoms with Gasteiger partial charge >= 0.3 is 0 Å². The molecular weight excluding hydrogens is 245 g/mol. The monoisotopic (exact) mass is 257 g/mol. The smallest absolute Gasteiger partial charge is 0.155 e. The quantitative estimate of drug-likeness (QED) is 0.773. The first-order valence-corrected chi connectivity index (χ1v) is 6.34. The van der Waals surface area contributed by atoms with Gasteiger partial charge in [0.2, 0.25) is 0 Å². The van der Waals surface area contributed by atoms with Crippen LogP contribution >= 0.6 is 0 Å². The van der Waals surface area contributed by atoms with Gasteiger partial charge in [-0.3, -0.25) is 9.79 Å². The number of para-hydroxylation sites is 1. The molecule has 1 saturated carbocycles. The fraction of sp³-hybridized carbons (Fsp3) is 0.357. The van der Waals surface area contributed by atoms with Gasteiger partial charge in [-0.1, -0.05) is 6.07 Å². The van der Waals surface area contributed by atoms with Crippen LogP contribution in [0.15, 0.2) is 28.2 Å². The molecule has 1 aliphatic carbocycles. The largest absolute Gasteiger partial charge is 0.304 e. The van der Waals surface area contributed by atoms with Crippen molar-refractivity contribution >= 4 is 23.6 Å². The molecule has 1 spiro atoms. The molecule has 0 radical (unpaired) electrons. The highest BCUT2D eigenvalue weighted by Gasteiger charge is 2.59. The first-order chi connectivity index (χ1) is 9.12. The van der Waals surface area contributed by atoms with E-state index >= 15 is 0 Å². The van der Waals surface area contributed by atoms with E-state index < -0.39 is 0 Å². The normalized spacial score (nSPS) is 25.1. The summed E-state index contributed by atoms with van der Waals surface area (Å²) in [7, 11) is 0. The summed E-state index contributed by atoms with van der Waals surface area (Å²) in [6.45, 7) is 1.58. The summed E-state index contributed by atoms with van der Waals surface area (Å²) >= 11 is 0. The third-order valence-electron chi connectivity index (χ3n) is 4.05. The zero-order chi connectivity index (χ0) is 13.2. The molecule has 2 aliphatic heterocycles. The Labute approximate surface area is 109 Å². The van der Waals surface area contributed by atoms with Crippen molar-refractivity contribution in [1.82, 2.24) is 4.90 Å². The fourth-order valence-electron chi connectivity index (χ4n) is 3.07. The van der Waals surface area contributed by atoms with Crippen molar-refractivity contribution in [3.8, 4) is 0 Å². The number of ketones is 1.